The van der Waals surface area contributed by atoms with Crippen LogP contribution in [0.3, 0.4) is 0 Å². The Bertz CT molecular complexity index is 517. The zero-order valence-electron chi connectivity index (χ0n) is 12.4. The lowest BCUT2D eigenvalue weighted by Gasteiger charge is -2.24. The van der Waals surface area contributed by atoms with Crippen LogP contribution in [0, 0.1) is 16.0 Å². The van der Waals surface area contributed by atoms with Crippen LogP contribution in [0.1, 0.15) is 12.5 Å². The van der Waals surface area contributed by atoms with Crippen molar-refractivity contribution < 1.29 is 9.72 Å². The summed E-state index contributed by atoms with van der Waals surface area (Å²) >= 11 is 0. The predicted octanol–water partition coefficient (Wildman–Crippen LogP) is 1.96. The largest absolute Gasteiger partial charge is 0.334 e. The summed E-state index contributed by atoms with van der Waals surface area (Å²) in [6, 6.07) is 6.33. The van der Waals surface area contributed by atoms with Gasteiger partial charge in [-0.3, -0.25) is 14.9 Å². The molecule has 0 heterocycles. The van der Waals surface area contributed by atoms with Crippen molar-refractivity contribution >= 4 is 11.6 Å². The van der Waals surface area contributed by atoms with E-state index < -0.39 is 4.92 Å². The van der Waals surface area contributed by atoms with Gasteiger partial charge in [0.05, 0.1) is 4.92 Å². The lowest BCUT2D eigenvalue weighted by atomic mass is 10.1. The predicted molar refractivity (Wildman–Crippen MR) is 81.8 cm³/mol. The first kappa shape index (κ1) is 16.8. The molecule has 1 unspecified atom stereocenters. The number of carbonyl (C=O) groups excluding carboxylic acids is 1. The fraction of sp³-hybridized carbons (Fsp3) is 0.400. The molecule has 0 saturated carbocycles. The van der Waals surface area contributed by atoms with E-state index in [-0.39, 0.29) is 17.5 Å². The summed E-state index contributed by atoms with van der Waals surface area (Å²) in [6.45, 7) is 6.84. The molecule has 0 spiro atoms. The van der Waals surface area contributed by atoms with Crippen molar-refractivity contribution in [3.05, 3.63) is 52.6 Å². The standard InChI is InChI=1S/C15H21N3O3/c1-4-8-17(15(19)12(2)10-16-3)11-13-6-5-7-14(9-13)18(20)21/h4-7,9,12,16H,1,8,10-11H2,2-3H3. The van der Waals surface area contributed by atoms with Gasteiger partial charge < -0.3 is 10.2 Å². The molecule has 6 heteroatoms. The molecule has 6 nitrogen and oxygen atoms in total. The van der Waals surface area contributed by atoms with Crippen LogP contribution in [0.5, 0.6) is 0 Å². The third kappa shape index (κ3) is 5.00. The maximum Gasteiger partial charge on any atom is 0.269 e. The quantitative estimate of drug-likeness (QED) is 0.451. The normalized spacial score (nSPS) is 11.7. The Kier molecular flexibility index (Phi) is 6.55. The highest BCUT2D eigenvalue weighted by Gasteiger charge is 2.19. The van der Waals surface area contributed by atoms with Crippen LogP contribution in [0.2, 0.25) is 0 Å². The van der Waals surface area contributed by atoms with Gasteiger partial charge in [-0.05, 0) is 12.6 Å². The summed E-state index contributed by atoms with van der Waals surface area (Å²) in [5, 5.41) is 13.8. The number of carbonyl (C=O) groups is 1. The summed E-state index contributed by atoms with van der Waals surface area (Å²) in [5.74, 6) is -0.163. The average molecular weight is 291 g/mol. The molecule has 1 aromatic carbocycles. The molecule has 1 aromatic rings. The van der Waals surface area contributed by atoms with Crippen molar-refractivity contribution in [1.82, 2.24) is 10.2 Å². The Labute approximate surface area is 124 Å². The zero-order valence-corrected chi connectivity index (χ0v) is 12.4. The van der Waals surface area contributed by atoms with Gasteiger partial charge in [-0.25, -0.2) is 0 Å². The molecule has 114 valence electrons. The number of nitrogens with zero attached hydrogens (tertiary/aromatic N) is 2. The van der Waals surface area contributed by atoms with E-state index in [2.05, 4.69) is 11.9 Å². The second-order valence-corrected chi connectivity index (χ2v) is 4.89. The van der Waals surface area contributed by atoms with Gasteiger partial charge in [0.2, 0.25) is 5.91 Å². The molecule has 0 radical (unpaired) electrons. The number of nitrogens with one attached hydrogen (secondary N) is 1. The van der Waals surface area contributed by atoms with E-state index in [1.807, 2.05) is 6.92 Å². The Hall–Kier alpha value is -2.21. The molecule has 0 aliphatic rings. The monoisotopic (exact) mass is 291 g/mol. The van der Waals surface area contributed by atoms with E-state index in [1.54, 1.807) is 30.2 Å². The molecule has 0 aromatic heterocycles. The van der Waals surface area contributed by atoms with Crippen LogP contribution in [0.4, 0.5) is 5.69 Å². The zero-order chi connectivity index (χ0) is 15.8. The highest BCUT2D eigenvalue weighted by atomic mass is 16.6. The molecule has 1 atom stereocenters. The summed E-state index contributed by atoms with van der Waals surface area (Å²) in [5.41, 5.74) is 0.762. The fourth-order valence-corrected chi connectivity index (χ4v) is 2.08. The molecule has 0 bridgehead atoms. The van der Waals surface area contributed by atoms with Crippen molar-refractivity contribution in [3.8, 4) is 0 Å². The highest BCUT2D eigenvalue weighted by molar-refractivity contribution is 5.78. The fourth-order valence-electron chi connectivity index (χ4n) is 2.08. The van der Waals surface area contributed by atoms with Gasteiger partial charge in [-0.15, -0.1) is 6.58 Å². The van der Waals surface area contributed by atoms with Gasteiger partial charge >= 0.3 is 0 Å². The smallest absolute Gasteiger partial charge is 0.269 e. The summed E-state index contributed by atoms with van der Waals surface area (Å²) in [7, 11) is 1.79. The molecule has 0 aliphatic carbocycles. The maximum atomic E-state index is 12.4. The lowest BCUT2D eigenvalue weighted by Crippen LogP contribution is -2.38. The second-order valence-electron chi connectivity index (χ2n) is 4.89. The number of hydrogen-bond acceptors (Lipinski definition) is 4. The Morgan fingerprint density at radius 1 is 1.57 bits per heavy atom. The van der Waals surface area contributed by atoms with Gasteiger partial charge in [-0.2, -0.15) is 0 Å². The van der Waals surface area contributed by atoms with E-state index in [4.69, 9.17) is 0 Å². The van der Waals surface area contributed by atoms with E-state index in [0.717, 1.165) is 5.56 Å². The van der Waals surface area contributed by atoms with Gasteiger partial charge in [0, 0.05) is 37.7 Å². The van der Waals surface area contributed by atoms with Gasteiger partial charge in [0.1, 0.15) is 0 Å². The summed E-state index contributed by atoms with van der Waals surface area (Å²) in [6.07, 6.45) is 1.65. The Balaban J connectivity index is 2.87. The van der Waals surface area contributed by atoms with Crippen molar-refractivity contribution in [1.29, 1.82) is 0 Å². The molecule has 0 aliphatic heterocycles. The molecule has 1 amide bonds. The van der Waals surface area contributed by atoms with Crippen molar-refractivity contribution in [3.63, 3.8) is 0 Å². The number of non-ortho nitro benzene ring substituents is 1. The number of rotatable bonds is 8. The summed E-state index contributed by atoms with van der Waals surface area (Å²) < 4.78 is 0. The van der Waals surface area contributed by atoms with E-state index in [9.17, 15) is 14.9 Å². The number of nitro benzene ring substituents is 1. The topological polar surface area (TPSA) is 75.5 Å². The molecule has 1 N–H and O–H groups in total. The second kappa shape index (κ2) is 8.16. The average Bonchev–Trinajstić information content (AvgIpc) is 2.46. The van der Waals surface area contributed by atoms with E-state index >= 15 is 0 Å². The lowest BCUT2D eigenvalue weighted by molar-refractivity contribution is -0.384. The number of hydrogen-bond donors (Lipinski definition) is 1. The van der Waals surface area contributed by atoms with Crippen molar-refractivity contribution in [2.24, 2.45) is 5.92 Å². The number of benzene rings is 1. The van der Waals surface area contributed by atoms with Gasteiger partial charge in [0.25, 0.3) is 5.69 Å². The minimum Gasteiger partial charge on any atom is -0.334 e. The molecule has 0 fully saturated rings. The molecule has 21 heavy (non-hydrogen) atoms. The van der Waals surface area contributed by atoms with Crippen molar-refractivity contribution in [2.75, 3.05) is 20.1 Å². The number of amides is 1. The third-order valence-electron chi connectivity index (χ3n) is 3.09. The first-order valence-corrected chi connectivity index (χ1v) is 6.77. The van der Waals surface area contributed by atoms with Crippen LogP contribution < -0.4 is 5.32 Å². The van der Waals surface area contributed by atoms with Crippen LogP contribution in [-0.2, 0) is 11.3 Å². The van der Waals surface area contributed by atoms with Crippen LogP contribution >= 0.6 is 0 Å². The molecular weight excluding hydrogens is 270 g/mol. The minimum absolute atomic E-state index is 0.00393. The summed E-state index contributed by atoms with van der Waals surface area (Å²) in [4.78, 5) is 24.4. The van der Waals surface area contributed by atoms with E-state index in [1.165, 1.54) is 12.1 Å². The highest BCUT2D eigenvalue weighted by Crippen LogP contribution is 2.16. The van der Waals surface area contributed by atoms with E-state index in [0.29, 0.717) is 19.6 Å². The first-order valence-electron chi connectivity index (χ1n) is 6.77. The first-order chi connectivity index (χ1) is 9.99. The SMILES string of the molecule is C=CCN(Cc1cccc([N+](=O)[O-])c1)C(=O)C(C)CNC. The van der Waals surface area contributed by atoms with Gasteiger partial charge in [-0.1, -0.05) is 25.1 Å². The minimum atomic E-state index is -0.438. The number of nitro groups is 1. The molecular formula is C15H21N3O3. The van der Waals surface area contributed by atoms with Crippen LogP contribution in [0.25, 0.3) is 0 Å². The van der Waals surface area contributed by atoms with Crippen LogP contribution in [-0.4, -0.2) is 35.9 Å². The maximum absolute atomic E-state index is 12.4. The van der Waals surface area contributed by atoms with Crippen molar-refractivity contribution in [2.45, 2.75) is 13.5 Å². The molecule has 1 rings (SSSR count). The molecule has 0 saturated heterocycles. The van der Waals surface area contributed by atoms with Gasteiger partial charge in [0.15, 0.2) is 0 Å². The Morgan fingerprint density at radius 2 is 2.29 bits per heavy atom. The third-order valence-corrected chi connectivity index (χ3v) is 3.09. The Morgan fingerprint density at radius 3 is 2.86 bits per heavy atom. The van der Waals surface area contributed by atoms with Crippen LogP contribution in [0.15, 0.2) is 36.9 Å².